The smallest absolute Gasteiger partial charge is 0.146 e. The van der Waals surface area contributed by atoms with Crippen LogP contribution < -0.4 is 5.43 Å². The van der Waals surface area contributed by atoms with Crippen molar-refractivity contribution in [1.82, 2.24) is 4.98 Å². The molecule has 4 nitrogen and oxygen atoms in total. The Labute approximate surface area is 77.6 Å². The van der Waals surface area contributed by atoms with Crippen molar-refractivity contribution < 1.29 is 4.74 Å². The van der Waals surface area contributed by atoms with E-state index in [1.54, 1.807) is 13.3 Å². The van der Waals surface area contributed by atoms with E-state index >= 15 is 0 Å². The molecule has 0 unspecified atom stereocenters. The highest BCUT2D eigenvalue weighted by molar-refractivity contribution is 5.83. The fourth-order valence-electron chi connectivity index (χ4n) is 0.823. The lowest BCUT2D eigenvalue weighted by Gasteiger charge is -2.00. The van der Waals surface area contributed by atoms with Gasteiger partial charge in [-0.15, -0.1) is 0 Å². The van der Waals surface area contributed by atoms with E-state index in [4.69, 9.17) is 4.74 Å². The van der Waals surface area contributed by atoms with Gasteiger partial charge in [-0.05, 0) is 19.1 Å². The number of nitrogens with one attached hydrogen (secondary N) is 1. The Morgan fingerprint density at radius 1 is 1.62 bits per heavy atom. The van der Waals surface area contributed by atoms with E-state index in [1.807, 2.05) is 25.1 Å². The molecule has 13 heavy (non-hydrogen) atoms. The van der Waals surface area contributed by atoms with E-state index in [0.29, 0.717) is 6.61 Å². The van der Waals surface area contributed by atoms with E-state index in [2.05, 4.69) is 15.5 Å². The number of rotatable bonds is 4. The van der Waals surface area contributed by atoms with Gasteiger partial charge in [-0.25, -0.2) is 4.98 Å². The van der Waals surface area contributed by atoms with Crippen LogP contribution in [0.25, 0.3) is 0 Å². The molecule has 0 saturated carbocycles. The van der Waals surface area contributed by atoms with Crippen molar-refractivity contribution in [3.05, 3.63) is 24.4 Å². The Morgan fingerprint density at radius 3 is 3.08 bits per heavy atom. The van der Waals surface area contributed by atoms with Gasteiger partial charge in [0, 0.05) is 13.3 Å². The molecule has 0 saturated heterocycles. The summed E-state index contributed by atoms with van der Waals surface area (Å²) < 4.78 is 4.90. The lowest BCUT2D eigenvalue weighted by atomic mass is 10.4. The maximum Gasteiger partial charge on any atom is 0.146 e. The monoisotopic (exact) mass is 179 g/mol. The number of aromatic nitrogens is 1. The molecule has 0 amide bonds. The molecule has 4 heteroatoms. The van der Waals surface area contributed by atoms with Gasteiger partial charge in [0.1, 0.15) is 5.82 Å². The fraction of sp³-hybridized carbons (Fsp3) is 0.333. The van der Waals surface area contributed by atoms with E-state index in [0.717, 1.165) is 11.5 Å². The van der Waals surface area contributed by atoms with Crippen molar-refractivity contribution >= 4 is 11.5 Å². The molecule has 0 radical (unpaired) electrons. The molecule has 0 atom stereocenters. The highest BCUT2D eigenvalue weighted by atomic mass is 16.5. The molecule has 0 aliphatic rings. The van der Waals surface area contributed by atoms with E-state index in [1.165, 1.54) is 0 Å². The van der Waals surface area contributed by atoms with Crippen LogP contribution in [0, 0.1) is 0 Å². The summed E-state index contributed by atoms with van der Waals surface area (Å²) in [6, 6.07) is 5.61. The summed E-state index contributed by atoms with van der Waals surface area (Å²) in [5, 5.41) is 4.06. The van der Waals surface area contributed by atoms with Crippen LogP contribution >= 0.6 is 0 Å². The minimum Gasteiger partial charge on any atom is -0.379 e. The van der Waals surface area contributed by atoms with Gasteiger partial charge in [-0.3, -0.25) is 5.43 Å². The van der Waals surface area contributed by atoms with Crippen LogP contribution in [0.3, 0.4) is 0 Å². The average Bonchev–Trinajstić information content (AvgIpc) is 2.17. The second-order valence-electron chi connectivity index (χ2n) is 2.61. The predicted molar refractivity (Wildman–Crippen MR) is 52.8 cm³/mol. The van der Waals surface area contributed by atoms with Gasteiger partial charge in [0.25, 0.3) is 0 Å². The summed E-state index contributed by atoms with van der Waals surface area (Å²) in [7, 11) is 1.64. The fourth-order valence-corrected chi connectivity index (χ4v) is 0.823. The molecule has 0 bridgehead atoms. The van der Waals surface area contributed by atoms with Crippen LogP contribution in [0.2, 0.25) is 0 Å². The third kappa shape index (κ3) is 3.66. The first-order chi connectivity index (χ1) is 6.33. The summed E-state index contributed by atoms with van der Waals surface area (Å²) in [5.41, 5.74) is 3.71. The molecular weight excluding hydrogens is 166 g/mol. The number of hydrogen-bond donors (Lipinski definition) is 1. The summed E-state index contributed by atoms with van der Waals surface area (Å²) in [6.45, 7) is 2.42. The molecule has 0 fully saturated rings. The standard InChI is InChI=1S/C9H13N3O/c1-8(7-13-2)11-12-9-5-3-4-6-10-9/h3-6H,7H2,1-2H3,(H,10,12)/b11-8+. The normalized spacial score (nSPS) is 11.4. The number of ether oxygens (including phenoxy) is 1. The van der Waals surface area contributed by atoms with Crippen LogP contribution in [-0.4, -0.2) is 24.4 Å². The Morgan fingerprint density at radius 2 is 2.46 bits per heavy atom. The summed E-state index contributed by atoms with van der Waals surface area (Å²) in [4.78, 5) is 4.05. The average molecular weight is 179 g/mol. The summed E-state index contributed by atoms with van der Waals surface area (Å²) >= 11 is 0. The van der Waals surface area contributed by atoms with Gasteiger partial charge < -0.3 is 4.74 Å². The minimum absolute atomic E-state index is 0.528. The number of anilines is 1. The van der Waals surface area contributed by atoms with Crippen LogP contribution in [0.1, 0.15) is 6.92 Å². The number of hydrazone groups is 1. The lowest BCUT2D eigenvalue weighted by molar-refractivity contribution is 0.245. The van der Waals surface area contributed by atoms with E-state index < -0.39 is 0 Å². The molecule has 1 N–H and O–H groups in total. The Balaban J connectivity index is 2.47. The van der Waals surface area contributed by atoms with Crippen molar-refractivity contribution in [3.8, 4) is 0 Å². The van der Waals surface area contributed by atoms with Crippen LogP contribution in [0.4, 0.5) is 5.82 Å². The van der Waals surface area contributed by atoms with Crippen molar-refractivity contribution in [2.75, 3.05) is 19.1 Å². The number of hydrogen-bond acceptors (Lipinski definition) is 4. The van der Waals surface area contributed by atoms with Gasteiger partial charge >= 0.3 is 0 Å². The first kappa shape index (κ1) is 9.67. The van der Waals surface area contributed by atoms with Gasteiger partial charge in [-0.2, -0.15) is 5.10 Å². The zero-order chi connectivity index (χ0) is 9.52. The van der Waals surface area contributed by atoms with Crippen molar-refractivity contribution in [3.63, 3.8) is 0 Å². The molecule has 1 aromatic heterocycles. The van der Waals surface area contributed by atoms with Crippen LogP contribution in [0.15, 0.2) is 29.5 Å². The molecule has 0 spiro atoms. The first-order valence-electron chi connectivity index (χ1n) is 4.02. The third-order valence-electron chi connectivity index (χ3n) is 1.38. The molecule has 0 aromatic carbocycles. The maximum absolute atomic E-state index is 4.90. The van der Waals surface area contributed by atoms with E-state index in [-0.39, 0.29) is 0 Å². The van der Waals surface area contributed by atoms with Crippen LogP contribution in [0.5, 0.6) is 0 Å². The number of methoxy groups -OCH3 is 1. The predicted octanol–water partition coefficient (Wildman–Crippen LogP) is 1.52. The number of pyridine rings is 1. The molecule has 1 aromatic rings. The largest absolute Gasteiger partial charge is 0.379 e. The summed E-state index contributed by atoms with van der Waals surface area (Å²) in [6.07, 6.45) is 1.71. The van der Waals surface area contributed by atoms with Gasteiger partial charge in [-0.1, -0.05) is 6.07 Å². The van der Waals surface area contributed by atoms with E-state index in [9.17, 15) is 0 Å². The van der Waals surface area contributed by atoms with Crippen molar-refractivity contribution in [1.29, 1.82) is 0 Å². The highest BCUT2D eigenvalue weighted by Crippen LogP contribution is 1.98. The zero-order valence-electron chi connectivity index (χ0n) is 7.82. The van der Waals surface area contributed by atoms with Crippen molar-refractivity contribution in [2.45, 2.75) is 6.92 Å². The Hall–Kier alpha value is -1.42. The second-order valence-corrected chi connectivity index (χ2v) is 2.61. The van der Waals surface area contributed by atoms with Crippen LogP contribution in [-0.2, 0) is 4.74 Å². The highest BCUT2D eigenvalue weighted by Gasteiger charge is 1.90. The Bertz CT molecular complexity index is 271. The zero-order valence-corrected chi connectivity index (χ0v) is 7.82. The number of nitrogens with zero attached hydrogens (tertiary/aromatic N) is 2. The Kier molecular flexibility index (Phi) is 3.92. The minimum atomic E-state index is 0.528. The quantitative estimate of drug-likeness (QED) is 0.563. The molecule has 1 rings (SSSR count). The summed E-state index contributed by atoms with van der Waals surface area (Å²) in [5.74, 6) is 0.734. The second kappa shape index (κ2) is 5.27. The van der Waals surface area contributed by atoms with Crippen molar-refractivity contribution in [2.24, 2.45) is 5.10 Å². The SMILES string of the molecule is COC/C(C)=N/Nc1ccccn1. The topological polar surface area (TPSA) is 46.5 Å². The molecule has 0 aliphatic carbocycles. The lowest BCUT2D eigenvalue weighted by Crippen LogP contribution is -2.05. The molecular formula is C9H13N3O. The first-order valence-corrected chi connectivity index (χ1v) is 4.02. The van der Waals surface area contributed by atoms with Gasteiger partial charge in [0.15, 0.2) is 0 Å². The van der Waals surface area contributed by atoms with Gasteiger partial charge in [0.05, 0.1) is 12.3 Å². The van der Waals surface area contributed by atoms with Gasteiger partial charge in [0.2, 0.25) is 0 Å². The molecule has 0 aliphatic heterocycles. The molecule has 1 heterocycles. The molecule has 70 valence electrons. The third-order valence-corrected chi connectivity index (χ3v) is 1.38. The maximum atomic E-state index is 4.90.